The zero-order valence-electron chi connectivity index (χ0n) is 11.1. The lowest BCUT2D eigenvalue weighted by molar-refractivity contribution is 0.0883. The minimum Gasteiger partial charge on any atom is -0.349 e. The summed E-state index contributed by atoms with van der Waals surface area (Å²) in [6, 6.07) is 4.61. The van der Waals surface area contributed by atoms with Crippen LogP contribution in [0.15, 0.2) is 22.7 Å². The zero-order chi connectivity index (χ0) is 14.0. The van der Waals surface area contributed by atoms with Crippen LogP contribution in [0.25, 0.3) is 0 Å². The van der Waals surface area contributed by atoms with E-state index in [-0.39, 0.29) is 11.9 Å². The highest BCUT2D eigenvalue weighted by molar-refractivity contribution is 9.10. The van der Waals surface area contributed by atoms with Crippen molar-refractivity contribution in [3.63, 3.8) is 0 Å². The van der Waals surface area contributed by atoms with E-state index in [9.17, 15) is 9.18 Å². The summed E-state index contributed by atoms with van der Waals surface area (Å²) in [5, 5.41) is 3.00. The molecule has 19 heavy (non-hydrogen) atoms. The first-order valence-electron chi connectivity index (χ1n) is 6.42. The molecule has 0 spiro atoms. The third kappa shape index (κ3) is 3.54. The molecule has 2 unspecified atom stereocenters. The molecular formula is C14H18BrFN2O. The fourth-order valence-corrected chi connectivity index (χ4v) is 2.70. The van der Waals surface area contributed by atoms with Gasteiger partial charge in [0, 0.05) is 18.2 Å². The maximum absolute atomic E-state index is 13.4. The van der Waals surface area contributed by atoms with Gasteiger partial charge in [-0.15, -0.1) is 0 Å². The number of nitrogens with zero attached hydrogens (tertiary/aromatic N) is 1. The van der Waals surface area contributed by atoms with Gasteiger partial charge in [-0.3, -0.25) is 4.79 Å². The summed E-state index contributed by atoms with van der Waals surface area (Å²) >= 11 is 3.08. The van der Waals surface area contributed by atoms with Crippen molar-refractivity contribution < 1.29 is 9.18 Å². The number of hydrogen-bond donors (Lipinski definition) is 1. The molecule has 1 saturated heterocycles. The molecule has 1 N–H and O–H groups in total. The van der Waals surface area contributed by atoms with Crippen LogP contribution in [0, 0.1) is 11.7 Å². The number of benzene rings is 1. The quantitative estimate of drug-likeness (QED) is 0.905. The van der Waals surface area contributed by atoms with E-state index in [1.807, 2.05) is 0 Å². The number of amides is 1. The molecule has 0 aliphatic carbocycles. The van der Waals surface area contributed by atoms with Gasteiger partial charge in [0.2, 0.25) is 0 Å². The normalized spacial score (nSPS) is 24.2. The number of piperidine rings is 1. The van der Waals surface area contributed by atoms with Crippen molar-refractivity contribution in [1.29, 1.82) is 0 Å². The molecule has 1 aliphatic heterocycles. The Kier molecular flexibility index (Phi) is 4.58. The third-order valence-electron chi connectivity index (χ3n) is 3.61. The lowest BCUT2D eigenvalue weighted by Crippen LogP contribution is -2.48. The summed E-state index contributed by atoms with van der Waals surface area (Å²) in [6.45, 7) is 4.08. The number of rotatable bonds is 2. The fourth-order valence-electron chi connectivity index (χ4n) is 2.46. The Bertz CT molecular complexity index is 481. The molecule has 1 aromatic carbocycles. The largest absolute Gasteiger partial charge is 0.349 e. The molecule has 2 atom stereocenters. The van der Waals surface area contributed by atoms with Gasteiger partial charge in [-0.25, -0.2) is 4.39 Å². The highest BCUT2D eigenvalue weighted by atomic mass is 79.9. The van der Waals surface area contributed by atoms with Crippen molar-refractivity contribution in [1.82, 2.24) is 10.2 Å². The van der Waals surface area contributed by atoms with Gasteiger partial charge in [0.1, 0.15) is 5.82 Å². The minimum absolute atomic E-state index is 0.162. The van der Waals surface area contributed by atoms with E-state index in [1.165, 1.54) is 6.07 Å². The van der Waals surface area contributed by atoms with Crippen LogP contribution in [-0.2, 0) is 0 Å². The monoisotopic (exact) mass is 328 g/mol. The van der Waals surface area contributed by atoms with Crippen molar-refractivity contribution in [3.05, 3.63) is 34.1 Å². The summed E-state index contributed by atoms with van der Waals surface area (Å²) in [6.07, 6.45) is 0.933. The third-order valence-corrected chi connectivity index (χ3v) is 4.25. The lowest BCUT2D eigenvalue weighted by Gasteiger charge is -2.35. The van der Waals surface area contributed by atoms with Gasteiger partial charge in [0.05, 0.1) is 4.47 Å². The molecule has 0 bridgehead atoms. The number of carbonyl (C=O) groups is 1. The van der Waals surface area contributed by atoms with Gasteiger partial charge in [-0.1, -0.05) is 6.92 Å². The number of likely N-dealkylation sites (tertiary alicyclic amines) is 1. The Morgan fingerprint density at radius 1 is 1.53 bits per heavy atom. The predicted molar refractivity (Wildman–Crippen MR) is 76.6 cm³/mol. The molecule has 1 aromatic rings. The molecule has 2 rings (SSSR count). The van der Waals surface area contributed by atoms with E-state index in [0.29, 0.717) is 16.0 Å². The molecule has 0 radical (unpaired) electrons. The topological polar surface area (TPSA) is 32.3 Å². The van der Waals surface area contributed by atoms with Crippen molar-refractivity contribution >= 4 is 21.8 Å². The minimum atomic E-state index is -0.413. The Balaban J connectivity index is 2.02. The number of carbonyl (C=O) groups excluding carboxylic acids is 1. The number of halogens is 2. The predicted octanol–water partition coefficient (Wildman–Crippen LogP) is 2.66. The van der Waals surface area contributed by atoms with E-state index in [0.717, 1.165) is 19.5 Å². The van der Waals surface area contributed by atoms with E-state index < -0.39 is 5.82 Å². The lowest BCUT2D eigenvalue weighted by atomic mass is 9.94. The Labute approximate surface area is 121 Å². The highest BCUT2D eigenvalue weighted by Gasteiger charge is 2.25. The maximum Gasteiger partial charge on any atom is 0.251 e. The highest BCUT2D eigenvalue weighted by Crippen LogP contribution is 2.18. The van der Waals surface area contributed by atoms with Crippen LogP contribution >= 0.6 is 15.9 Å². The molecule has 1 amide bonds. The summed E-state index contributed by atoms with van der Waals surface area (Å²) in [5.41, 5.74) is 0.367. The van der Waals surface area contributed by atoms with Crippen LogP contribution in [0.1, 0.15) is 23.7 Å². The molecule has 5 heteroatoms. The number of hydrogen-bond acceptors (Lipinski definition) is 2. The van der Waals surface area contributed by atoms with Crippen LogP contribution in [0.4, 0.5) is 4.39 Å². The summed E-state index contributed by atoms with van der Waals surface area (Å²) < 4.78 is 13.8. The summed E-state index contributed by atoms with van der Waals surface area (Å²) in [5.74, 6) is -0.208. The SMILES string of the molecule is CC1CN(C)CCC1NC(=O)c1ccc(Br)c(F)c1. The first-order chi connectivity index (χ1) is 8.97. The van der Waals surface area contributed by atoms with Crippen molar-refractivity contribution in [2.45, 2.75) is 19.4 Å². The van der Waals surface area contributed by atoms with Crippen molar-refractivity contribution in [3.8, 4) is 0 Å². The smallest absolute Gasteiger partial charge is 0.251 e. The molecule has 1 heterocycles. The molecule has 1 fully saturated rings. The average Bonchev–Trinajstić information content (AvgIpc) is 2.36. The van der Waals surface area contributed by atoms with Crippen LogP contribution in [0.3, 0.4) is 0 Å². The van der Waals surface area contributed by atoms with Gasteiger partial charge in [-0.05, 0) is 60.1 Å². The van der Waals surface area contributed by atoms with E-state index in [1.54, 1.807) is 12.1 Å². The summed E-state index contributed by atoms with van der Waals surface area (Å²) in [7, 11) is 2.08. The molecule has 0 aromatic heterocycles. The van der Waals surface area contributed by atoms with Crippen LogP contribution in [0.5, 0.6) is 0 Å². The van der Waals surface area contributed by atoms with E-state index >= 15 is 0 Å². The van der Waals surface area contributed by atoms with Gasteiger partial charge >= 0.3 is 0 Å². The van der Waals surface area contributed by atoms with Crippen LogP contribution in [-0.4, -0.2) is 37.0 Å². The molecule has 0 saturated carbocycles. The standard InChI is InChI=1S/C14H18BrFN2O/c1-9-8-18(2)6-5-13(9)17-14(19)10-3-4-11(15)12(16)7-10/h3-4,7,9,13H,5-6,8H2,1-2H3,(H,17,19). The summed E-state index contributed by atoms with van der Waals surface area (Å²) in [4.78, 5) is 14.4. The van der Waals surface area contributed by atoms with Gasteiger partial charge in [-0.2, -0.15) is 0 Å². The first-order valence-corrected chi connectivity index (χ1v) is 7.21. The van der Waals surface area contributed by atoms with Crippen LogP contribution in [0.2, 0.25) is 0 Å². The second-order valence-corrected chi connectivity index (χ2v) is 6.09. The molecular weight excluding hydrogens is 311 g/mol. The second-order valence-electron chi connectivity index (χ2n) is 5.24. The average molecular weight is 329 g/mol. The van der Waals surface area contributed by atoms with Gasteiger partial charge in [0.15, 0.2) is 0 Å². The fraction of sp³-hybridized carbons (Fsp3) is 0.500. The van der Waals surface area contributed by atoms with Crippen molar-refractivity contribution in [2.75, 3.05) is 20.1 Å². The van der Waals surface area contributed by atoms with Gasteiger partial charge in [0.25, 0.3) is 5.91 Å². The van der Waals surface area contributed by atoms with E-state index in [4.69, 9.17) is 0 Å². The maximum atomic E-state index is 13.4. The van der Waals surface area contributed by atoms with E-state index in [2.05, 4.69) is 40.1 Å². The first kappa shape index (κ1) is 14.5. The Morgan fingerprint density at radius 3 is 2.89 bits per heavy atom. The zero-order valence-corrected chi connectivity index (χ0v) is 12.7. The number of nitrogens with one attached hydrogen (secondary N) is 1. The van der Waals surface area contributed by atoms with Gasteiger partial charge < -0.3 is 10.2 Å². The van der Waals surface area contributed by atoms with Crippen molar-refractivity contribution in [2.24, 2.45) is 5.92 Å². The molecule has 3 nitrogen and oxygen atoms in total. The Morgan fingerprint density at radius 2 is 2.26 bits per heavy atom. The Hall–Kier alpha value is -0.940. The second kappa shape index (κ2) is 6.01. The molecule has 104 valence electrons. The van der Waals surface area contributed by atoms with Crippen LogP contribution < -0.4 is 5.32 Å². The molecule has 1 aliphatic rings.